The first-order chi connectivity index (χ1) is 9.45. The van der Waals surface area contributed by atoms with Crippen molar-refractivity contribution in [1.82, 2.24) is 19.0 Å². The number of likely N-dealkylation sites (tertiary alicyclic amines) is 1. The summed E-state index contributed by atoms with van der Waals surface area (Å²) in [6.07, 6.45) is 4.93. The van der Waals surface area contributed by atoms with E-state index in [4.69, 9.17) is 5.11 Å². The van der Waals surface area contributed by atoms with Gasteiger partial charge >= 0.3 is 0 Å². The monoisotopic (exact) mass is 302 g/mol. The molecule has 0 radical (unpaired) electrons. The summed E-state index contributed by atoms with van der Waals surface area (Å²) in [4.78, 5) is 2.37. The summed E-state index contributed by atoms with van der Waals surface area (Å²) < 4.78 is 27.7. The van der Waals surface area contributed by atoms with Gasteiger partial charge in [-0.05, 0) is 26.4 Å². The van der Waals surface area contributed by atoms with Crippen LogP contribution in [0, 0.1) is 0 Å². The van der Waals surface area contributed by atoms with E-state index in [2.05, 4.69) is 10.00 Å². The third-order valence-electron chi connectivity index (χ3n) is 3.79. The Balaban J connectivity index is 2.08. The third kappa shape index (κ3) is 3.20. The zero-order chi connectivity index (χ0) is 14.8. The van der Waals surface area contributed by atoms with Gasteiger partial charge in [0, 0.05) is 25.8 Å². The summed E-state index contributed by atoms with van der Waals surface area (Å²) in [7, 11) is 0.122. The van der Waals surface area contributed by atoms with Gasteiger partial charge in [0.15, 0.2) is 0 Å². The number of likely N-dealkylation sites (N-methyl/N-ethyl adjacent to an activating group) is 2. The molecule has 1 aromatic rings. The molecule has 8 heteroatoms. The van der Waals surface area contributed by atoms with Crippen molar-refractivity contribution in [3.05, 3.63) is 12.4 Å². The number of hydrogen-bond acceptors (Lipinski definition) is 5. The van der Waals surface area contributed by atoms with Crippen LogP contribution < -0.4 is 0 Å². The molecular weight excluding hydrogens is 280 g/mol. The van der Waals surface area contributed by atoms with Crippen molar-refractivity contribution in [2.75, 3.05) is 33.8 Å². The van der Waals surface area contributed by atoms with Crippen LogP contribution in [0.15, 0.2) is 17.3 Å². The number of aromatic nitrogens is 2. The van der Waals surface area contributed by atoms with Crippen molar-refractivity contribution in [2.24, 2.45) is 0 Å². The molecule has 1 fully saturated rings. The molecule has 7 nitrogen and oxygen atoms in total. The van der Waals surface area contributed by atoms with E-state index in [1.807, 2.05) is 7.05 Å². The quantitative estimate of drug-likeness (QED) is 0.773. The Morgan fingerprint density at radius 2 is 2.30 bits per heavy atom. The number of aliphatic hydroxyl groups is 1. The fourth-order valence-corrected chi connectivity index (χ4v) is 3.65. The molecule has 0 aliphatic carbocycles. The van der Waals surface area contributed by atoms with E-state index in [1.165, 1.54) is 21.4 Å². The first-order valence-corrected chi connectivity index (χ1v) is 8.19. The summed E-state index contributed by atoms with van der Waals surface area (Å²) in [6.45, 7) is 1.74. The van der Waals surface area contributed by atoms with Crippen LogP contribution in [0.25, 0.3) is 0 Å². The lowest BCUT2D eigenvalue weighted by molar-refractivity contribution is 0.269. The minimum absolute atomic E-state index is 0.0656. The Morgan fingerprint density at radius 3 is 2.90 bits per heavy atom. The predicted octanol–water partition coefficient (Wildman–Crippen LogP) is -0.410. The second-order valence-electron chi connectivity index (χ2n) is 5.22. The van der Waals surface area contributed by atoms with E-state index in [-0.39, 0.29) is 17.5 Å². The first kappa shape index (κ1) is 15.4. The molecule has 0 bridgehead atoms. The van der Waals surface area contributed by atoms with Crippen molar-refractivity contribution in [3.8, 4) is 0 Å². The third-order valence-corrected chi connectivity index (χ3v) is 5.56. The van der Waals surface area contributed by atoms with Crippen LogP contribution in [0.4, 0.5) is 0 Å². The highest BCUT2D eigenvalue weighted by atomic mass is 32.2. The molecule has 1 aliphatic rings. The highest BCUT2D eigenvalue weighted by Crippen LogP contribution is 2.19. The van der Waals surface area contributed by atoms with Crippen LogP contribution in [0.2, 0.25) is 0 Å². The molecular formula is C12H22N4O3S. The molecule has 1 unspecified atom stereocenters. The van der Waals surface area contributed by atoms with Crippen LogP contribution in [0.5, 0.6) is 0 Å². The SMILES string of the molecule is CN1CCCC1CN(C)S(=O)(=O)c1cnn(CCO)c1. The van der Waals surface area contributed by atoms with Gasteiger partial charge in [0.25, 0.3) is 0 Å². The molecule has 0 amide bonds. The van der Waals surface area contributed by atoms with Gasteiger partial charge in [-0.15, -0.1) is 0 Å². The topological polar surface area (TPSA) is 78.7 Å². The van der Waals surface area contributed by atoms with Gasteiger partial charge in [-0.1, -0.05) is 0 Å². The van der Waals surface area contributed by atoms with Gasteiger partial charge in [0.05, 0.1) is 19.3 Å². The van der Waals surface area contributed by atoms with E-state index in [0.717, 1.165) is 19.4 Å². The van der Waals surface area contributed by atoms with Gasteiger partial charge in [-0.3, -0.25) is 4.68 Å². The van der Waals surface area contributed by atoms with Gasteiger partial charge < -0.3 is 10.0 Å². The van der Waals surface area contributed by atoms with Gasteiger partial charge in [-0.2, -0.15) is 9.40 Å². The maximum absolute atomic E-state index is 12.4. The number of rotatable bonds is 6. The highest BCUT2D eigenvalue weighted by Gasteiger charge is 2.28. The second kappa shape index (κ2) is 6.21. The van der Waals surface area contributed by atoms with Gasteiger partial charge in [0.2, 0.25) is 10.0 Å². The maximum atomic E-state index is 12.4. The molecule has 1 saturated heterocycles. The zero-order valence-electron chi connectivity index (χ0n) is 11.9. The summed E-state index contributed by atoms with van der Waals surface area (Å²) in [5, 5.41) is 12.8. The minimum Gasteiger partial charge on any atom is -0.394 e. The summed E-state index contributed by atoms with van der Waals surface area (Å²) >= 11 is 0. The Morgan fingerprint density at radius 1 is 1.55 bits per heavy atom. The van der Waals surface area contributed by atoms with Crippen molar-refractivity contribution in [3.63, 3.8) is 0 Å². The Labute approximate surface area is 119 Å². The highest BCUT2D eigenvalue weighted by molar-refractivity contribution is 7.89. The van der Waals surface area contributed by atoms with Crippen LogP contribution in [-0.4, -0.2) is 72.3 Å². The largest absolute Gasteiger partial charge is 0.394 e. The second-order valence-corrected chi connectivity index (χ2v) is 7.27. The van der Waals surface area contributed by atoms with Crippen LogP contribution in [-0.2, 0) is 16.6 Å². The van der Waals surface area contributed by atoms with E-state index >= 15 is 0 Å². The maximum Gasteiger partial charge on any atom is 0.245 e. The Bertz CT molecular complexity index is 543. The smallest absolute Gasteiger partial charge is 0.245 e. The lowest BCUT2D eigenvalue weighted by atomic mass is 10.2. The number of hydrogen-bond donors (Lipinski definition) is 1. The first-order valence-electron chi connectivity index (χ1n) is 6.75. The molecule has 114 valence electrons. The standard InChI is InChI=1S/C12H22N4O3S/c1-14-5-3-4-11(14)9-15(2)20(18,19)12-8-13-16(10-12)6-7-17/h8,10-11,17H,3-7,9H2,1-2H3. The van der Waals surface area contributed by atoms with Crippen molar-refractivity contribution in [2.45, 2.75) is 30.3 Å². The van der Waals surface area contributed by atoms with E-state index in [1.54, 1.807) is 7.05 Å². The summed E-state index contributed by atoms with van der Waals surface area (Å²) in [6, 6.07) is 0.280. The molecule has 2 heterocycles. The number of sulfonamides is 1. The minimum atomic E-state index is -3.51. The van der Waals surface area contributed by atoms with E-state index in [9.17, 15) is 8.42 Å². The fraction of sp³-hybridized carbons (Fsp3) is 0.750. The van der Waals surface area contributed by atoms with Crippen LogP contribution in [0.3, 0.4) is 0 Å². The van der Waals surface area contributed by atoms with Gasteiger partial charge in [0.1, 0.15) is 4.90 Å². The Hall–Kier alpha value is -0.960. The average Bonchev–Trinajstić information content (AvgIpc) is 3.00. The van der Waals surface area contributed by atoms with Crippen molar-refractivity contribution < 1.29 is 13.5 Å². The van der Waals surface area contributed by atoms with E-state index in [0.29, 0.717) is 13.1 Å². The fourth-order valence-electron chi connectivity index (χ4n) is 2.49. The summed E-state index contributed by atoms with van der Waals surface area (Å²) in [5.41, 5.74) is 0. The molecule has 1 aromatic heterocycles. The zero-order valence-corrected chi connectivity index (χ0v) is 12.8. The number of nitrogens with zero attached hydrogens (tertiary/aromatic N) is 4. The lowest BCUT2D eigenvalue weighted by Crippen LogP contribution is -2.39. The molecule has 0 spiro atoms. The number of aliphatic hydroxyl groups excluding tert-OH is 1. The van der Waals surface area contributed by atoms with Crippen LogP contribution in [0.1, 0.15) is 12.8 Å². The average molecular weight is 302 g/mol. The van der Waals surface area contributed by atoms with Crippen molar-refractivity contribution in [1.29, 1.82) is 0 Å². The summed E-state index contributed by atoms with van der Waals surface area (Å²) in [5.74, 6) is 0. The van der Waals surface area contributed by atoms with E-state index < -0.39 is 10.0 Å². The molecule has 2 rings (SSSR count). The molecule has 0 aromatic carbocycles. The predicted molar refractivity (Wildman–Crippen MR) is 74.8 cm³/mol. The normalized spacial score (nSPS) is 20.9. The van der Waals surface area contributed by atoms with Gasteiger partial charge in [-0.25, -0.2) is 8.42 Å². The lowest BCUT2D eigenvalue weighted by Gasteiger charge is -2.24. The molecule has 1 N–H and O–H groups in total. The van der Waals surface area contributed by atoms with Crippen LogP contribution >= 0.6 is 0 Å². The Kier molecular flexibility index (Phi) is 4.79. The van der Waals surface area contributed by atoms with Crippen molar-refractivity contribution >= 4 is 10.0 Å². The molecule has 20 heavy (non-hydrogen) atoms. The molecule has 0 saturated carbocycles. The molecule has 1 aliphatic heterocycles. The molecule has 1 atom stereocenters.